The molecule has 1 N–H and O–H groups in total. The number of benzene rings is 1. The maximum Gasteiger partial charge on any atom is 0.255 e. The second-order valence-corrected chi connectivity index (χ2v) is 7.65. The van der Waals surface area contributed by atoms with Gasteiger partial charge in [0.2, 0.25) is 0 Å². The number of nitrogens with one attached hydrogen (secondary N) is 1. The molecule has 2 aromatic heterocycles. The van der Waals surface area contributed by atoms with Crippen molar-refractivity contribution in [2.75, 3.05) is 6.67 Å². The van der Waals surface area contributed by atoms with Crippen molar-refractivity contribution in [2.45, 2.75) is 50.7 Å². The number of H-pyrrole nitrogens is 1. The first-order valence-corrected chi connectivity index (χ1v) is 9.74. The van der Waals surface area contributed by atoms with Gasteiger partial charge in [-0.25, -0.2) is 4.39 Å². The summed E-state index contributed by atoms with van der Waals surface area (Å²) in [6, 6.07) is 8.29. The Morgan fingerprint density at radius 2 is 2.11 bits per heavy atom. The minimum absolute atomic E-state index is 0. The lowest BCUT2D eigenvalue weighted by atomic mass is 9.91. The number of amides is 1. The molecule has 0 aliphatic heterocycles. The van der Waals surface area contributed by atoms with Gasteiger partial charge in [-0.05, 0) is 55.9 Å². The van der Waals surface area contributed by atoms with Crippen LogP contribution < -0.4 is 0 Å². The topological polar surface area (TPSA) is 53.9 Å². The molecule has 1 fully saturated rings. The Bertz CT molecular complexity index is 993. The molecule has 3 aromatic rings. The molecule has 5 rings (SSSR count). The molecule has 0 radical (unpaired) electrons. The van der Waals surface area contributed by atoms with Crippen LogP contribution in [0.5, 0.6) is 0 Å². The SMILES string of the molecule is Cl.O=C(c1cccc2c1ccn2CCF)N(C1CC1)C1CCc2[nH]ncc2C1. The zero-order chi connectivity index (χ0) is 18.4. The summed E-state index contributed by atoms with van der Waals surface area (Å²) in [6.07, 6.45) is 8.71. The highest BCUT2D eigenvalue weighted by atomic mass is 35.5. The van der Waals surface area contributed by atoms with E-state index in [4.69, 9.17) is 0 Å². The zero-order valence-electron chi connectivity index (χ0n) is 15.6. The number of rotatable bonds is 5. The van der Waals surface area contributed by atoms with Gasteiger partial charge in [-0.15, -0.1) is 12.4 Å². The van der Waals surface area contributed by atoms with Crippen LogP contribution >= 0.6 is 12.4 Å². The Hall–Kier alpha value is -2.34. The summed E-state index contributed by atoms with van der Waals surface area (Å²) in [5.74, 6) is 0.109. The van der Waals surface area contributed by atoms with E-state index in [2.05, 4.69) is 15.1 Å². The Morgan fingerprint density at radius 3 is 2.89 bits per heavy atom. The molecule has 7 heteroatoms. The third-order valence-corrected chi connectivity index (χ3v) is 5.93. The molecule has 2 aliphatic carbocycles. The van der Waals surface area contributed by atoms with Gasteiger partial charge in [0.1, 0.15) is 6.67 Å². The maximum atomic E-state index is 13.6. The van der Waals surface area contributed by atoms with Crippen molar-refractivity contribution in [1.29, 1.82) is 0 Å². The van der Waals surface area contributed by atoms with Crippen LogP contribution in [0.3, 0.4) is 0 Å². The summed E-state index contributed by atoms with van der Waals surface area (Å²) in [7, 11) is 0. The number of aryl methyl sites for hydroxylation is 2. The van der Waals surface area contributed by atoms with Crippen molar-refractivity contribution < 1.29 is 9.18 Å². The molecule has 5 nitrogen and oxygen atoms in total. The lowest BCUT2D eigenvalue weighted by Crippen LogP contribution is -2.44. The number of hydrogen-bond acceptors (Lipinski definition) is 2. The Morgan fingerprint density at radius 1 is 1.25 bits per heavy atom. The van der Waals surface area contributed by atoms with E-state index in [1.54, 1.807) is 0 Å². The number of alkyl halides is 1. The van der Waals surface area contributed by atoms with Crippen molar-refractivity contribution >= 4 is 29.2 Å². The fraction of sp³-hybridized carbons (Fsp3) is 0.429. The normalized spacial score (nSPS) is 18.5. The lowest BCUT2D eigenvalue weighted by molar-refractivity contribution is 0.0645. The number of hydrogen-bond donors (Lipinski definition) is 1. The van der Waals surface area contributed by atoms with E-state index in [1.807, 2.05) is 41.2 Å². The van der Waals surface area contributed by atoms with Crippen LogP contribution in [-0.2, 0) is 19.4 Å². The highest BCUT2D eigenvalue weighted by Crippen LogP contribution is 2.35. The highest BCUT2D eigenvalue weighted by molar-refractivity contribution is 6.07. The van der Waals surface area contributed by atoms with Crippen molar-refractivity contribution in [2.24, 2.45) is 0 Å². The van der Waals surface area contributed by atoms with E-state index in [9.17, 15) is 9.18 Å². The summed E-state index contributed by atoms with van der Waals surface area (Å²) in [5, 5.41) is 8.15. The average Bonchev–Trinajstić information content (AvgIpc) is 3.25. The van der Waals surface area contributed by atoms with Gasteiger partial charge >= 0.3 is 0 Å². The second kappa shape index (κ2) is 7.59. The van der Waals surface area contributed by atoms with Crippen LogP contribution in [0.2, 0.25) is 0 Å². The summed E-state index contributed by atoms with van der Waals surface area (Å²) in [6.45, 7) is -0.0926. The van der Waals surface area contributed by atoms with Crippen LogP contribution in [0.15, 0.2) is 36.7 Å². The zero-order valence-corrected chi connectivity index (χ0v) is 16.4. The first-order valence-electron chi connectivity index (χ1n) is 9.74. The number of aromatic amines is 1. The summed E-state index contributed by atoms with van der Waals surface area (Å²) >= 11 is 0. The van der Waals surface area contributed by atoms with Crippen LogP contribution in [0.25, 0.3) is 10.9 Å². The summed E-state index contributed by atoms with van der Waals surface area (Å²) < 4.78 is 14.7. The van der Waals surface area contributed by atoms with Gasteiger partial charge in [-0.2, -0.15) is 5.10 Å². The molecule has 0 saturated heterocycles. The molecule has 148 valence electrons. The van der Waals surface area contributed by atoms with E-state index >= 15 is 0 Å². The minimum atomic E-state index is -0.411. The molecule has 1 aromatic carbocycles. The molecule has 1 atom stereocenters. The number of halogens is 2. The van der Waals surface area contributed by atoms with E-state index in [0.717, 1.165) is 48.6 Å². The van der Waals surface area contributed by atoms with E-state index < -0.39 is 6.67 Å². The van der Waals surface area contributed by atoms with E-state index in [1.165, 1.54) is 11.3 Å². The van der Waals surface area contributed by atoms with Gasteiger partial charge in [0.05, 0.1) is 12.7 Å². The smallest absolute Gasteiger partial charge is 0.255 e. The molecule has 1 amide bonds. The Balaban J connectivity index is 0.00000192. The van der Waals surface area contributed by atoms with Gasteiger partial charge in [0.15, 0.2) is 0 Å². The molecule has 0 spiro atoms. The lowest BCUT2D eigenvalue weighted by Gasteiger charge is -2.34. The number of carbonyl (C=O) groups excluding carboxylic acids is 1. The van der Waals surface area contributed by atoms with Crippen molar-refractivity contribution in [1.82, 2.24) is 19.7 Å². The Kier molecular flexibility index (Phi) is 5.15. The average molecular weight is 403 g/mol. The van der Waals surface area contributed by atoms with Crippen LogP contribution in [0.4, 0.5) is 4.39 Å². The summed E-state index contributed by atoms with van der Waals surface area (Å²) in [5.41, 5.74) is 4.10. The fourth-order valence-electron chi connectivity index (χ4n) is 4.45. The van der Waals surface area contributed by atoms with Crippen molar-refractivity contribution in [3.8, 4) is 0 Å². The number of carbonyl (C=O) groups is 1. The monoisotopic (exact) mass is 402 g/mol. The number of nitrogens with zero attached hydrogens (tertiary/aromatic N) is 3. The molecule has 1 saturated carbocycles. The van der Waals surface area contributed by atoms with Crippen LogP contribution in [0.1, 0.15) is 40.9 Å². The third-order valence-electron chi connectivity index (χ3n) is 5.93. The molecule has 28 heavy (non-hydrogen) atoms. The van der Waals surface area contributed by atoms with Crippen molar-refractivity contribution in [3.63, 3.8) is 0 Å². The van der Waals surface area contributed by atoms with Gasteiger partial charge in [0, 0.05) is 40.4 Å². The van der Waals surface area contributed by atoms with Crippen molar-refractivity contribution in [3.05, 3.63) is 53.5 Å². The molecular weight excluding hydrogens is 379 g/mol. The van der Waals surface area contributed by atoms with Gasteiger partial charge in [0.25, 0.3) is 5.91 Å². The molecule has 2 aliphatic rings. The molecule has 1 unspecified atom stereocenters. The predicted octanol–water partition coefficient (Wildman–Crippen LogP) is 3.92. The van der Waals surface area contributed by atoms with Gasteiger partial charge in [-0.1, -0.05) is 6.07 Å². The fourth-order valence-corrected chi connectivity index (χ4v) is 4.45. The third kappa shape index (κ3) is 3.20. The van der Waals surface area contributed by atoms with Crippen LogP contribution in [0, 0.1) is 0 Å². The van der Waals surface area contributed by atoms with E-state index in [0.29, 0.717) is 12.6 Å². The quantitative estimate of drug-likeness (QED) is 0.703. The number of fused-ring (bicyclic) bond motifs is 2. The maximum absolute atomic E-state index is 13.6. The first kappa shape index (κ1) is 19.0. The minimum Gasteiger partial charge on any atom is -0.345 e. The summed E-state index contributed by atoms with van der Waals surface area (Å²) in [4.78, 5) is 15.7. The van der Waals surface area contributed by atoms with Gasteiger partial charge in [-0.3, -0.25) is 9.89 Å². The Labute approximate surface area is 169 Å². The van der Waals surface area contributed by atoms with Gasteiger partial charge < -0.3 is 9.47 Å². The standard InChI is InChI=1S/C21H23FN4O.ClH/c22-9-11-25-10-8-17-18(2-1-3-20(17)25)21(27)26(15-4-5-15)16-6-7-19-14(12-16)13-23-24-19;/h1-3,8,10,13,15-16H,4-7,9,11-12H2,(H,23,24);1H. The molecular formula is C21H24ClFN4O. The molecule has 2 heterocycles. The predicted molar refractivity (Wildman–Crippen MR) is 109 cm³/mol. The highest BCUT2D eigenvalue weighted by Gasteiger charge is 2.39. The first-order chi connectivity index (χ1) is 13.3. The van der Waals surface area contributed by atoms with Crippen LogP contribution in [-0.4, -0.2) is 44.3 Å². The van der Waals surface area contributed by atoms with E-state index in [-0.39, 0.29) is 24.4 Å². The molecule has 0 bridgehead atoms. The number of aromatic nitrogens is 3. The second-order valence-electron chi connectivity index (χ2n) is 7.65. The largest absolute Gasteiger partial charge is 0.345 e.